The lowest BCUT2D eigenvalue weighted by atomic mass is 10.3. The maximum Gasteiger partial charge on any atom is 0.263 e. The summed E-state index contributed by atoms with van der Waals surface area (Å²) in [5.74, 6) is 1.14. The van der Waals surface area contributed by atoms with E-state index in [1.165, 1.54) is 26.4 Å². The van der Waals surface area contributed by atoms with Crippen LogP contribution in [0.4, 0.5) is 11.4 Å². The molecule has 2 aromatic carbocycles. The molecule has 0 saturated heterocycles. The monoisotopic (exact) mass is 308 g/mol. The van der Waals surface area contributed by atoms with Crippen LogP contribution in [0.2, 0.25) is 0 Å². The van der Waals surface area contributed by atoms with Gasteiger partial charge >= 0.3 is 0 Å². The molecule has 0 amide bonds. The highest BCUT2D eigenvalue weighted by Gasteiger charge is 2.18. The van der Waals surface area contributed by atoms with Gasteiger partial charge in [-0.25, -0.2) is 8.42 Å². The lowest BCUT2D eigenvalue weighted by molar-refractivity contribution is 0.414. The summed E-state index contributed by atoms with van der Waals surface area (Å²) in [4.78, 5) is -0.000817. The number of nitrogens with two attached hydrogens (primary N) is 1. The Labute approximate surface area is 123 Å². The molecule has 0 saturated carbocycles. The highest BCUT2D eigenvalue weighted by molar-refractivity contribution is 7.92. The zero-order valence-corrected chi connectivity index (χ0v) is 12.5. The van der Waals surface area contributed by atoms with E-state index >= 15 is 0 Å². The first kappa shape index (κ1) is 15.0. The molecule has 7 heteroatoms. The molecule has 0 aliphatic rings. The second-order valence-electron chi connectivity index (χ2n) is 4.24. The van der Waals surface area contributed by atoms with Gasteiger partial charge in [0.15, 0.2) is 0 Å². The molecule has 2 aromatic rings. The molecule has 6 nitrogen and oxygen atoms in total. The van der Waals surface area contributed by atoms with Crippen LogP contribution in [0.3, 0.4) is 0 Å². The van der Waals surface area contributed by atoms with Crippen molar-refractivity contribution in [2.24, 2.45) is 0 Å². The summed E-state index contributed by atoms with van der Waals surface area (Å²) in [7, 11) is -0.736. The van der Waals surface area contributed by atoms with Gasteiger partial charge in [-0.3, -0.25) is 4.72 Å². The highest BCUT2D eigenvalue weighted by Crippen LogP contribution is 2.26. The number of benzene rings is 2. The average Bonchev–Trinajstić information content (AvgIpc) is 2.47. The molecule has 0 aliphatic heterocycles. The third-order valence-corrected chi connectivity index (χ3v) is 4.30. The van der Waals surface area contributed by atoms with Crippen molar-refractivity contribution in [3.8, 4) is 11.5 Å². The molecule has 0 fully saturated rings. The Morgan fingerprint density at radius 2 is 1.52 bits per heavy atom. The summed E-state index contributed by atoms with van der Waals surface area (Å²) < 4.78 is 37.1. The molecule has 2 rings (SSSR count). The van der Waals surface area contributed by atoms with Crippen molar-refractivity contribution in [3.05, 3.63) is 42.5 Å². The fraction of sp³-hybridized carbons (Fsp3) is 0.143. The Hall–Kier alpha value is -2.41. The van der Waals surface area contributed by atoms with Crippen molar-refractivity contribution in [1.82, 2.24) is 0 Å². The van der Waals surface area contributed by atoms with Crippen LogP contribution in [-0.2, 0) is 10.0 Å². The van der Waals surface area contributed by atoms with E-state index in [0.29, 0.717) is 17.2 Å². The van der Waals surface area contributed by atoms with E-state index in [-0.39, 0.29) is 10.6 Å². The minimum atomic E-state index is -3.76. The van der Waals surface area contributed by atoms with Gasteiger partial charge in [0, 0.05) is 11.8 Å². The minimum Gasteiger partial charge on any atom is -0.497 e. The van der Waals surface area contributed by atoms with Crippen LogP contribution >= 0.6 is 0 Å². The summed E-state index contributed by atoms with van der Waals surface area (Å²) in [5.41, 5.74) is 6.31. The quantitative estimate of drug-likeness (QED) is 0.825. The molecule has 0 spiro atoms. The Balaban J connectivity index is 2.29. The summed E-state index contributed by atoms with van der Waals surface area (Å²) in [6, 6.07) is 10.9. The van der Waals surface area contributed by atoms with Crippen LogP contribution in [0.15, 0.2) is 47.4 Å². The van der Waals surface area contributed by atoms with E-state index in [1.807, 2.05) is 0 Å². The first-order valence-electron chi connectivity index (χ1n) is 6.06. The summed E-state index contributed by atoms with van der Waals surface area (Å²) >= 11 is 0. The Morgan fingerprint density at radius 3 is 2.05 bits per heavy atom. The first-order chi connectivity index (χ1) is 9.96. The molecular formula is C14H16N2O4S. The van der Waals surface area contributed by atoms with Crippen molar-refractivity contribution in [2.75, 3.05) is 24.7 Å². The predicted octanol–water partition coefficient (Wildman–Crippen LogP) is 2.09. The van der Waals surface area contributed by atoms with E-state index < -0.39 is 10.0 Å². The number of ether oxygens (including phenoxy) is 2. The number of sulfonamides is 1. The van der Waals surface area contributed by atoms with Crippen LogP contribution < -0.4 is 19.9 Å². The van der Waals surface area contributed by atoms with Gasteiger partial charge in [-0.2, -0.15) is 0 Å². The van der Waals surface area contributed by atoms with E-state index in [4.69, 9.17) is 15.2 Å². The molecule has 0 bridgehead atoms. The standard InChI is InChI=1S/C14H16N2O4S/c1-19-11-5-3-10(4-6-11)16-21(17,18)14-8-7-12(20-2)9-13(14)15/h3-9,16H,15H2,1-2H3. The van der Waals surface area contributed by atoms with Gasteiger partial charge in [-0.15, -0.1) is 0 Å². The van der Waals surface area contributed by atoms with Crippen molar-refractivity contribution in [3.63, 3.8) is 0 Å². The number of nitrogens with one attached hydrogen (secondary N) is 1. The predicted molar refractivity (Wildman–Crippen MR) is 81.2 cm³/mol. The van der Waals surface area contributed by atoms with Gasteiger partial charge in [-0.1, -0.05) is 0 Å². The molecular weight excluding hydrogens is 292 g/mol. The number of nitrogen functional groups attached to an aromatic ring is 1. The molecule has 112 valence electrons. The minimum absolute atomic E-state index is 0.000817. The third kappa shape index (κ3) is 3.38. The van der Waals surface area contributed by atoms with Gasteiger partial charge < -0.3 is 15.2 Å². The molecule has 0 aliphatic carbocycles. The van der Waals surface area contributed by atoms with Crippen molar-refractivity contribution < 1.29 is 17.9 Å². The second kappa shape index (κ2) is 5.92. The van der Waals surface area contributed by atoms with Gasteiger partial charge in [0.05, 0.1) is 19.9 Å². The number of hydrogen-bond acceptors (Lipinski definition) is 5. The number of hydrogen-bond donors (Lipinski definition) is 2. The fourth-order valence-corrected chi connectivity index (χ4v) is 2.94. The highest BCUT2D eigenvalue weighted by atomic mass is 32.2. The number of methoxy groups -OCH3 is 2. The number of anilines is 2. The second-order valence-corrected chi connectivity index (χ2v) is 5.89. The molecule has 0 radical (unpaired) electrons. The normalized spacial score (nSPS) is 11.0. The summed E-state index contributed by atoms with van der Waals surface area (Å²) in [5, 5.41) is 0. The van der Waals surface area contributed by atoms with Crippen LogP contribution in [-0.4, -0.2) is 22.6 Å². The van der Waals surface area contributed by atoms with Crippen LogP contribution in [0, 0.1) is 0 Å². The van der Waals surface area contributed by atoms with Crippen molar-refractivity contribution >= 4 is 21.4 Å². The molecule has 21 heavy (non-hydrogen) atoms. The van der Waals surface area contributed by atoms with Crippen molar-refractivity contribution in [2.45, 2.75) is 4.90 Å². The average molecular weight is 308 g/mol. The molecule has 0 aromatic heterocycles. The topological polar surface area (TPSA) is 90.6 Å². The Bertz CT molecular complexity index is 727. The maximum absolute atomic E-state index is 12.3. The van der Waals surface area contributed by atoms with Crippen LogP contribution in [0.25, 0.3) is 0 Å². The zero-order chi connectivity index (χ0) is 15.5. The van der Waals surface area contributed by atoms with E-state index in [2.05, 4.69) is 4.72 Å². The fourth-order valence-electron chi connectivity index (χ4n) is 1.77. The molecule has 0 atom stereocenters. The van der Waals surface area contributed by atoms with Crippen LogP contribution in [0.1, 0.15) is 0 Å². The Morgan fingerprint density at radius 1 is 0.952 bits per heavy atom. The summed E-state index contributed by atoms with van der Waals surface area (Å²) in [6.45, 7) is 0. The van der Waals surface area contributed by atoms with E-state index in [0.717, 1.165) is 0 Å². The SMILES string of the molecule is COc1ccc(NS(=O)(=O)c2ccc(OC)cc2N)cc1. The zero-order valence-electron chi connectivity index (χ0n) is 11.7. The lowest BCUT2D eigenvalue weighted by Crippen LogP contribution is -2.14. The smallest absolute Gasteiger partial charge is 0.263 e. The molecule has 3 N–H and O–H groups in total. The molecule has 0 unspecified atom stereocenters. The third-order valence-electron chi connectivity index (χ3n) is 2.85. The largest absolute Gasteiger partial charge is 0.497 e. The lowest BCUT2D eigenvalue weighted by Gasteiger charge is -2.11. The Kier molecular flexibility index (Phi) is 4.23. The van der Waals surface area contributed by atoms with Gasteiger partial charge in [0.25, 0.3) is 10.0 Å². The van der Waals surface area contributed by atoms with Crippen LogP contribution in [0.5, 0.6) is 11.5 Å². The van der Waals surface area contributed by atoms with Crippen molar-refractivity contribution in [1.29, 1.82) is 0 Å². The van der Waals surface area contributed by atoms with E-state index in [1.54, 1.807) is 30.3 Å². The first-order valence-corrected chi connectivity index (χ1v) is 7.55. The van der Waals surface area contributed by atoms with Gasteiger partial charge in [0.2, 0.25) is 0 Å². The van der Waals surface area contributed by atoms with Gasteiger partial charge in [-0.05, 0) is 36.4 Å². The summed E-state index contributed by atoms with van der Waals surface area (Å²) in [6.07, 6.45) is 0. The molecule has 0 heterocycles. The van der Waals surface area contributed by atoms with E-state index in [9.17, 15) is 8.42 Å². The number of rotatable bonds is 5. The maximum atomic E-state index is 12.3. The van der Waals surface area contributed by atoms with Gasteiger partial charge in [0.1, 0.15) is 16.4 Å².